The Morgan fingerprint density at radius 1 is 1.29 bits per heavy atom. The van der Waals surface area contributed by atoms with Crippen molar-refractivity contribution in [2.75, 3.05) is 25.5 Å². The molecule has 0 fully saturated rings. The van der Waals surface area contributed by atoms with Gasteiger partial charge in [-0.05, 0) is 81.6 Å². The number of aromatic nitrogens is 2. The van der Waals surface area contributed by atoms with Crippen LogP contribution in [0.5, 0.6) is 0 Å². The lowest BCUT2D eigenvalue weighted by Crippen LogP contribution is -2.38. The third-order valence-corrected chi connectivity index (χ3v) is 9.50. The molecule has 218 valence electrons. The fraction of sp³-hybridized carbons (Fsp3) is 0.364. The molecule has 1 aromatic carbocycles. The predicted octanol–water partition coefficient (Wildman–Crippen LogP) is 6.03. The largest absolute Gasteiger partial charge is 0.366 e. The van der Waals surface area contributed by atoms with Gasteiger partial charge in [-0.3, -0.25) is 9.69 Å². The summed E-state index contributed by atoms with van der Waals surface area (Å²) in [6.45, 7) is 9.16. The maximum absolute atomic E-state index is 13.7. The van der Waals surface area contributed by atoms with Gasteiger partial charge in [0.05, 0.1) is 18.0 Å². The average Bonchev–Trinajstić information content (AvgIpc) is 3.53. The second-order valence-corrected chi connectivity index (χ2v) is 13.3. The molecule has 1 atom stereocenters. The molecular weight excluding hydrogens is 547 g/mol. The van der Waals surface area contributed by atoms with E-state index in [9.17, 15) is 9.18 Å². The number of likely N-dealkylation sites (N-methyl/N-ethyl adjacent to an activating group) is 1. The molecule has 7 nitrogen and oxygen atoms in total. The first kappa shape index (κ1) is 28.3. The smallest absolute Gasteiger partial charge is 0.246 e. The molecular formula is C33H37FN6OS. The van der Waals surface area contributed by atoms with Crippen LogP contribution < -0.4 is 5.32 Å². The van der Waals surface area contributed by atoms with Gasteiger partial charge >= 0.3 is 0 Å². The fourth-order valence-electron chi connectivity index (χ4n) is 5.62. The minimum atomic E-state index is -0.205. The number of amides is 1. The van der Waals surface area contributed by atoms with Gasteiger partial charge in [-0.15, -0.1) is 11.3 Å². The molecule has 0 bridgehead atoms. The number of hydrogen-bond donors (Lipinski definition) is 1. The summed E-state index contributed by atoms with van der Waals surface area (Å²) in [6.07, 6.45) is 15.5. The van der Waals surface area contributed by atoms with Crippen LogP contribution in [0.25, 0.3) is 10.2 Å². The lowest BCUT2D eigenvalue weighted by Gasteiger charge is -2.31. The van der Waals surface area contributed by atoms with E-state index < -0.39 is 0 Å². The number of anilines is 1. The molecule has 2 aliphatic heterocycles. The monoisotopic (exact) mass is 584 g/mol. The van der Waals surface area contributed by atoms with Crippen molar-refractivity contribution >= 4 is 33.3 Å². The summed E-state index contributed by atoms with van der Waals surface area (Å²) in [5.74, 6) is 0.654. The van der Waals surface area contributed by atoms with E-state index in [1.165, 1.54) is 22.1 Å². The number of allylic oxidation sites excluding steroid dienone is 1. The molecule has 42 heavy (non-hydrogen) atoms. The van der Waals surface area contributed by atoms with Crippen molar-refractivity contribution < 1.29 is 9.18 Å². The molecule has 0 saturated heterocycles. The lowest BCUT2D eigenvalue weighted by atomic mass is 9.98. The first-order chi connectivity index (χ1) is 20.2. The van der Waals surface area contributed by atoms with E-state index in [2.05, 4.69) is 77.3 Å². The van der Waals surface area contributed by atoms with Crippen LogP contribution in [0, 0.1) is 5.82 Å². The van der Waals surface area contributed by atoms with Crippen LogP contribution in [0.15, 0.2) is 78.4 Å². The van der Waals surface area contributed by atoms with E-state index in [1.54, 1.807) is 35.9 Å². The molecule has 9 heteroatoms. The van der Waals surface area contributed by atoms with Crippen molar-refractivity contribution in [1.29, 1.82) is 0 Å². The first-order valence-electron chi connectivity index (χ1n) is 14.4. The van der Waals surface area contributed by atoms with E-state index in [-0.39, 0.29) is 23.3 Å². The summed E-state index contributed by atoms with van der Waals surface area (Å²) in [4.78, 5) is 30.7. The summed E-state index contributed by atoms with van der Waals surface area (Å²) < 4.78 is 13.7. The molecule has 4 heterocycles. The number of hydrogen-bond acceptors (Lipinski definition) is 7. The first-order valence-corrected chi connectivity index (χ1v) is 15.3. The van der Waals surface area contributed by atoms with Crippen LogP contribution in [-0.4, -0.2) is 62.3 Å². The minimum Gasteiger partial charge on any atom is -0.366 e. The van der Waals surface area contributed by atoms with Gasteiger partial charge in [-0.1, -0.05) is 24.3 Å². The summed E-state index contributed by atoms with van der Waals surface area (Å²) >= 11 is 1.65. The third kappa shape index (κ3) is 5.89. The number of nitrogens with one attached hydrogen (secondary N) is 1. The van der Waals surface area contributed by atoms with Crippen molar-refractivity contribution in [2.45, 2.75) is 58.3 Å². The van der Waals surface area contributed by atoms with Gasteiger partial charge in [0.25, 0.3) is 0 Å². The number of halogens is 1. The Labute approximate surface area is 250 Å². The molecule has 1 N–H and O–H groups in total. The van der Waals surface area contributed by atoms with Gasteiger partial charge < -0.3 is 15.1 Å². The summed E-state index contributed by atoms with van der Waals surface area (Å²) in [6, 6.07) is 7.04. The Morgan fingerprint density at radius 2 is 2.14 bits per heavy atom. The molecule has 0 saturated carbocycles. The third-order valence-electron chi connectivity index (χ3n) is 8.38. The van der Waals surface area contributed by atoms with Gasteiger partial charge in [0, 0.05) is 48.0 Å². The Hall–Kier alpha value is -3.82. The van der Waals surface area contributed by atoms with Crippen molar-refractivity contribution in [2.24, 2.45) is 0 Å². The van der Waals surface area contributed by atoms with Crippen molar-refractivity contribution in [1.82, 2.24) is 24.7 Å². The highest BCUT2D eigenvalue weighted by molar-refractivity contribution is 7.19. The zero-order valence-corrected chi connectivity index (χ0v) is 25.4. The number of fused-ring (bicyclic) bond motifs is 4. The Balaban J connectivity index is 1.13. The van der Waals surface area contributed by atoms with Gasteiger partial charge in [0.15, 0.2) is 0 Å². The predicted molar refractivity (Wildman–Crippen MR) is 167 cm³/mol. The highest BCUT2D eigenvalue weighted by atomic mass is 32.1. The fourth-order valence-corrected chi connectivity index (χ4v) is 6.82. The topological polar surface area (TPSA) is 64.6 Å². The van der Waals surface area contributed by atoms with Crippen molar-refractivity contribution in [3.05, 3.63) is 100 Å². The van der Waals surface area contributed by atoms with Crippen LogP contribution in [-0.2, 0) is 24.3 Å². The molecule has 1 aliphatic carbocycles. The molecule has 3 aromatic rings. The Kier molecular flexibility index (Phi) is 7.72. The maximum Gasteiger partial charge on any atom is 0.246 e. The molecule has 3 aliphatic rings. The normalized spacial score (nSPS) is 18.5. The van der Waals surface area contributed by atoms with E-state index in [4.69, 9.17) is 0 Å². The van der Waals surface area contributed by atoms with Crippen molar-refractivity contribution in [3.8, 4) is 0 Å². The molecule has 1 unspecified atom stereocenters. The van der Waals surface area contributed by atoms with Gasteiger partial charge in [-0.2, -0.15) is 0 Å². The SMILES string of the molecule is CN(C/C=C/C(=O)N1CCc2c(sc3ncnc(NC4=CCC5C(=C4)C=CN5Cc4cccc(F)c4)c23)C1)C(C)(C)C. The second kappa shape index (κ2) is 11.5. The van der Waals surface area contributed by atoms with E-state index in [0.717, 1.165) is 46.7 Å². The highest BCUT2D eigenvalue weighted by Crippen LogP contribution is 2.38. The average molecular weight is 585 g/mol. The number of rotatable bonds is 7. The number of nitrogens with zero attached hydrogens (tertiary/aromatic N) is 5. The maximum atomic E-state index is 13.7. The minimum absolute atomic E-state index is 0.0504. The van der Waals surface area contributed by atoms with Gasteiger partial charge in [0.2, 0.25) is 5.91 Å². The zero-order valence-electron chi connectivity index (χ0n) is 24.6. The lowest BCUT2D eigenvalue weighted by molar-refractivity contribution is -0.126. The number of carbonyl (C=O) groups is 1. The van der Waals surface area contributed by atoms with Gasteiger partial charge in [0.1, 0.15) is 22.8 Å². The number of carbonyl (C=O) groups excluding carboxylic acids is 1. The number of benzene rings is 1. The molecule has 0 radical (unpaired) electrons. The standard InChI is InChI=1S/C33H37FN6OS/c1-33(2,3)38(4)14-6-9-29(41)40-16-13-26-28(20-40)42-32-30(26)31(35-21-36-32)37-25-10-11-27-23(18-25)12-15-39(27)19-22-7-5-8-24(34)17-22/h5-10,12,15,17-18,21,27H,11,13-14,16,19-20H2,1-4H3,(H,35,36,37)/b9-6+. The van der Waals surface area contributed by atoms with E-state index >= 15 is 0 Å². The van der Waals surface area contributed by atoms with Crippen molar-refractivity contribution in [3.63, 3.8) is 0 Å². The van der Waals surface area contributed by atoms with Crippen LogP contribution >= 0.6 is 11.3 Å². The molecule has 6 rings (SSSR count). The molecule has 1 amide bonds. The van der Waals surface area contributed by atoms with E-state index in [1.807, 2.05) is 17.0 Å². The van der Waals surface area contributed by atoms with Crippen LogP contribution in [0.4, 0.5) is 10.2 Å². The Morgan fingerprint density at radius 3 is 2.95 bits per heavy atom. The summed E-state index contributed by atoms with van der Waals surface area (Å²) in [7, 11) is 2.07. The summed E-state index contributed by atoms with van der Waals surface area (Å²) in [5.41, 5.74) is 4.49. The molecule has 0 spiro atoms. The van der Waals surface area contributed by atoms with Crippen LogP contribution in [0.3, 0.4) is 0 Å². The number of thiophene rings is 1. The quantitative estimate of drug-likeness (QED) is 0.343. The Bertz CT molecular complexity index is 1630. The molecule has 2 aromatic heterocycles. The zero-order chi connectivity index (χ0) is 29.4. The second-order valence-electron chi connectivity index (χ2n) is 12.2. The highest BCUT2D eigenvalue weighted by Gasteiger charge is 2.28. The van der Waals surface area contributed by atoms with Gasteiger partial charge in [-0.25, -0.2) is 14.4 Å². The van der Waals surface area contributed by atoms with Crippen LogP contribution in [0.2, 0.25) is 0 Å². The van der Waals surface area contributed by atoms with E-state index in [0.29, 0.717) is 19.6 Å². The summed E-state index contributed by atoms with van der Waals surface area (Å²) in [5, 5.41) is 4.63. The van der Waals surface area contributed by atoms with Crippen LogP contribution in [0.1, 0.15) is 43.2 Å².